The van der Waals surface area contributed by atoms with Crippen LogP contribution in [-0.2, 0) is 11.8 Å². The Morgan fingerprint density at radius 3 is 2.76 bits per heavy atom. The molecule has 0 saturated carbocycles. The molecule has 2 aliphatic rings. The van der Waals surface area contributed by atoms with Gasteiger partial charge in [-0.15, -0.1) is 5.10 Å². The second kappa shape index (κ2) is 4.72. The number of hydrogen-bond acceptors (Lipinski definition) is 4. The average Bonchev–Trinajstić information content (AvgIpc) is 3.15. The number of anilines is 1. The van der Waals surface area contributed by atoms with Crippen LogP contribution in [0, 0.1) is 0 Å². The Morgan fingerprint density at radius 1 is 1.19 bits per heavy atom. The van der Waals surface area contributed by atoms with Gasteiger partial charge in [0.05, 0.1) is 0 Å². The monoisotopic (exact) mass is 281 g/mol. The Hall–Kier alpha value is -2.10. The number of hydrogen-bond donors (Lipinski definition) is 0. The Bertz CT molecular complexity index is 681. The van der Waals surface area contributed by atoms with Gasteiger partial charge in [0.2, 0.25) is 5.89 Å². The van der Waals surface area contributed by atoms with E-state index in [1.807, 2.05) is 6.92 Å². The van der Waals surface area contributed by atoms with Crippen molar-refractivity contribution in [1.82, 2.24) is 10.2 Å². The molecule has 108 valence electrons. The summed E-state index contributed by atoms with van der Waals surface area (Å²) in [6.07, 6.45) is 7.66. The molecule has 1 aromatic carbocycles. The van der Waals surface area contributed by atoms with E-state index in [-0.39, 0.29) is 5.41 Å². The molecule has 0 atom stereocenters. The summed E-state index contributed by atoms with van der Waals surface area (Å²) in [6, 6.07) is 9.41. The largest absolute Gasteiger partial charge is 0.408 e. The summed E-state index contributed by atoms with van der Waals surface area (Å²) in [4.78, 5) is 2.21. The highest BCUT2D eigenvalue weighted by atomic mass is 16.4. The molecule has 0 unspecified atom stereocenters. The number of rotatable bonds is 2. The molecule has 4 heteroatoms. The molecule has 1 spiro atoms. The third kappa shape index (κ3) is 1.97. The Balaban J connectivity index is 1.54. The number of aromatic nitrogens is 2. The van der Waals surface area contributed by atoms with E-state index in [2.05, 4.69) is 51.5 Å². The summed E-state index contributed by atoms with van der Waals surface area (Å²) in [5.41, 5.74) is 3.06. The quantitative estimate of drug-likeness (QED) is 0.847. The second-order valence-electron chi connectivity index (χ2n) is 5.90. The Kier molecular flexibility index (Phi) is 2.84. The number of aryl methyl sites for hydroxylation is 1. The standard InChI is InChI=1S/C17H19N3O/c1-2-15-18-19-16(21-15)20-11-9-17(10-12-20)8-7-13-5-3-4-6-14(13)17/h3-8H,2,9-12H2,1H3. The SMILES string of the molecule is CCc1nnc(N2CCC3(C=Cc4ccccc43)CC2)o1. The molecule has 1 aromatic heterocycles. The van der Waals surface area contributed by atoms with E-state index in [9.17, 15) is 0 Å². The number of fused-ring (bicyclic) bond motifs is 2. The lowest BCUT2D eigenvalue weighted by Gasteiger charge is -2.38. The van der Waals surface area contributed by atoms with E-state index in [0.717, 1.165) is 38.2 Å². The van der Waals surface area contributed by atoms with Crippen molar-refractivity contribution in [2.45, 2.75) is 31.6 Å². The molecule has 21 heavy (non-hydrogen) atoms. The van der Waals surface area contributed by atoms with Gasteiger partial charge < -0.3 is 9.32 Å². The third-order valence-electron chi connectivity index (χ3n) is 4.76. The first kappa shape index (κ1) is 12.6. The first-order chi connectivity index (χ1) is 10.3. The van der Waals surface area contributed by atoms with Crippen LogP contribution < -0.4 is 4.90 Å². The predicted octanol–water partition coefficient (Wildman–Crippen LogP) is 3.20. The molecule has 4 nitrogen and oxygen atoms in total. The van der Waals surface area contributed by atoms with Crippen molar-refractivity contribution >= 4 is 12.1 Å². The molecule has 0 radical (unpaired) electrons. The maximum atomic E-state index is 5.68. The maximum Gasteiger partial charge on any atom is 0.318 e. The highest BCUT2D eigenvalue weighted by Gasteiger charge is 2.38. The third-order valence-corrected chi connectivity index (χ3v) is 4.76. The predicted molar refractivity (Wildman–Crippen MR) is 82.3 cm³/mol. The van der Waals surface area contributed by atoms with Crippen molar-refractivity contribution in [2.75, 3.05) is 18.0 Å². The summed E-state index contributed by atoms with van der Waals surface area (Å²) in [5, 5.41) is 8.22. The van der Waals surface area contributed by atoms with Gasteiger partial charge >= 0.3 is 6.01 Å². The highest BCUT2D eigenvalue weighted by molar-refractivity contribution is 5.65. The van der Waals surface area contributed by atoms with Crippen LogP contribution in [0.2, 0.25) is 0 Å². The maximum absolute atomic E-state index is 5.68. The van der Waals surface area contributed by atoms with Gasteiger partial charge in [-0.3, -0.25) is 0 Å². The van der Waals surface area contributed by atoms with E-state index in [1.165, 1.54) is 11.1 Å². The minimum Gasteiger partial charge on any atom is -0.408 e. The summed E-state index contributed by atoms with van der Waals surface area (Å²) in [7, 11) is 0. The van der Waals surface area contributed by atoms with Crippen molar-refractivity contribution < 1.29 is 4.42 Å². The summed E-state index contributed by atoms with van der Waals surface area (Å²) in [5.74, 6) is 0.719. The van der Waals surface area contributed by atoms with Crippen LogP contribution in [0.3, 0.4) is 0 Å². The van der Waals surface area contributed by atoms with Gasteiger partial charge in [0, 0.05) is 24.9 Å². The van der Waals surface area contributed by atoms with Crippen LogP contribution >= 0.6 is 0 Å². The minimum atomic E-state index is 0.209. The van der Waals surface area contributed by atoms with Gasteiger partial charge in [-0.2, -0.15) is 0 Å². The Labute approximate surface area is 124 Å². The van der Waals surface area contributed by atoms with E-state index >= 15 is 0 Å². The fourth-order valence-electron chi connectivity index (χ4n) is 3.48. The van der Waals surface area contributed by atoms with Crippen LogP contribution in [0.4, 0.5) is 6.01 Å². The zero-order valence-electron chi connectivity index (χ0n) is 12.2. The molecular formula is C17H19N3O. The molecule has 0 N–H and O–H groups in total. The zero-order chi connectivity index (χ0) is 14.3. The van der Waals surface area contributed by atoms with E-state index in [0.29, 0.717) is 6.01 Å². The number of benzene rings is 1. The van der Waals surface area contributed by atoms with Crippen molar-refractivity contribution in [1.29, 1.82) is 0 Å². The molecule has 1 aliphatic carbocycles. The smallest absolute Gasteiger partial charge is 0.318 e. The molecule has 1 aliphatic heterocycles. The molecule has 1 fully saturated rings. The van der Waals surface area contributed by atoms with Crippen molar-refractivity contribution in [2.24, 2.45) is 0 Å². The Morgan fingerprint density at radius 2 is 2.00 bits per heavy atom. The van der Waals surface area contributed by atoms with Crippen molar-refractivity contribution in [3.63, 3.8) is 0 Å². The normalized spacial score (nSPS) is 19.2. The van der Waals surface area contributed by atoms with Gasteiger partial charge in [-0.1, -0.05) is 48.4 Å². The topological polar surface area (TPSA) is 42.2 Å². The van der Waals surface area contributed by atoms with Crippen LogP contribution in [-0.4, -0.2) is 23.3 Å². The fraction of sp³-hybridized carbons (Fsp3) is 0.412. The van der Waals surface area contributed by atoms with Crippen LogP contribution in [0.25, 0.3) is 6.08 Å². The van der Waals surface area contributed by atoms with Gasteiger partial charge in [-0.25, -0.2) is 0 Å². The first-order valence-corrected chi connectivity index (χ1v) is 7.67. The highest BCUT2D eigenvalue weighted by Crippen LogP contribution is 2.44. The number of piperidine rings is 1. The summed E-state index contributed by atoms with van der Waals surface area (Å²) in [6.45, 7) is 3.96. The van der Waals surface area contributed by atoms with E-state index in [4.69, 9.17) is 4.42 Å². The molecule has 2 heterocycles. The van der Waals surface area contributed by atoms with E-state index < -0.39 is 0 Å². The molecular weight excluding hydrogens is 262 g/mol. The van der Waals surface area contributed by atoms with E-state index in [1.54, 1.807) is 0 Å². The number of nitrogens with zero attached hydrogens (tertiary/aromatic N) is 3. The van der Waals surface area contributed by atoms with Gasteiger partial charge in [0.15, 0.2) is 0 Å². The summed E-state index contributed by atoms with van der Waals surface area (Å²) < 4.78 is 5.68. The van der Waals surface area contributed by atoms with Crippen LogP contribution in [0.5, 0.6) is 0 Å². The number of allylic oxidation sites excluding steroid dienone is 1. The molecule has 0 bridgehead atoms. The van der Waals surface area contributed by atoms with Crippen LogP contribution in [0.1, 0.15) is 36.8 Å². The zero-order valence-corrected chi connectivity index (χ0v) is 12.2. The van der Waals surface area contributed by atoms with Gasteiger partial charge in [-0.05, 0) is 24.0 Å². The van der Waals surface area contributed by atoms with Crippen LogP contribution in [0.15, 0.2) is 34.8 Å². The average molecular weight is 281 g/mol. The van der Waals surface area contributed by atoms with Crippen molar-refractivity contribution in [3.8, 4) is 0 Å². The lowest BCUT2D eigenvalue weighted by molar-refractivity contribution is 0.387. The van der Waals surface area contributed by atoms with Gasteiger partial charge in [0.1, 0.15) is 0 Å². The molecule has 4 rings (SSSR count). The first-order valence-electron chi connectivity index (χ1n) is 7.67. The minimum absolute atomic E-state index is 0.209. The lowest BCUT2D eigenvalue weighted by Crippen LogP contribution is -2.41. The summed E-state index contributed by atoms with van der Waals surface area (Å²) >= 11 is 0. The van der Waals surface area contributed by atoms with Crippen molar-refractivity contribution in [3.05, 3.63) is 47.4 Å². The lowest BCUT2D eigenvalue weighted by atomic mass is 9.74. The fourth-order valence-corrected chi connectivity index (χ4v) is 3.48. The second-order valence-corrected chi connectivity index (χ2v) is 5.90. The molecule has 0 amide bonds. The molecule has 2 aromatic rings. The molecule has 1 saturated heterocycles. The van der Waals surface area contributed by atoms with Gasteiger partial charge in [0.25, 0.3) is 0 Å².